The number of quaternary nitrogens is 1. The highest BCUT2D eigenvalue weighted by Crippen LogP contribution is 2.33. The fraction of sp³-hybridized carbons (Fsp3) is 0.500. The van der Waals surface area contributed by atoms with Gasteiger partial charge in [0.15, 0.2) is 0 Å². The number of rotatable bonds is 3. The number of carbonyl (C=O) groups excluding carboxylic acids is 1. The van der Waals surface area contributed by atoms with Gasteiger partial charge in [0, 0.05) is 11.5 Å². The molecule has 7 nitrogen and oxygen atoms in total. The second-order valence-electron chi connectivity index (χ2n) is 6.50. The van der Waals surface area contributed by atoms with Gasteiger partial charge in [-0.25, -0.2) is 10.1 Å². The Balaban J connectivity index is 2.24. The van der Waals surface area contributed by atoms with Crippen LogP contribution in [0.4, 0.5) is 10.5 Å². The number of aromatic amines is 1. The molecule has 1 aliphatic rings. The van der Waals surface area contributed by atoms with Gasteiger partial charge >= 0.3 is 6.09 Å². The van der Waals surface area contributed by atoms with Crippen LogP contribution in [0.1, 0.15) is 20.8 Å². The van der Waals surface area contributed by atoms with Crippen LogP contribution in [0.5, 0.6) is 0 Å². The van der Waals surface area contributed by atoms with Gasteiger partial charge in [-0.1, -0.05) is 60.7 Å². The predicted octanol–water partition coefficient (Wildman–Crippen LogP) is 3.70. The number of hydrogen-bond acceptors (Lipinski definition) is 4. The highest BCUT2D eigenvalue weighted by molar-refractivity contribution is 6.67. The van der Waals surface area contributed by atoms with Crippen LogP contribution in [0.15, 0.2) is 29.4 Å². The summed E-state index contributed by atoms with van der Waals surface area (Å²) in [5, 5.41) is 14.1. The van der Waals surface area contributed by atoms with Crippen molar-refractivity contribution in [3.63, 3.8) is 0 Å². The van der Waals surface area contributed by atoms with Gasteiger partial charge in [0.1, 0.15) is 25.6 Å². The van der Waals surface area contributed by atoms with Crippen LogP contribution in [0.2, 0.25) is 0 Å². The zero-order chi connectivity index (χ0) is 18.2. The molecule has 24 heavy (non-hydrogen) atoms. The van der Waals surface area contributed by atoms with Crippen molar-refractivity contribution in [1.82, 2.24) is 20.1 Å². The van der Waals surface area contributed by atoms with Crippen LogP contribution in [0, 0.1) is 5.41 Å². The molecular weight excluding hydrogens is 377 g/mol. The van der Waals surface area contributed by atoms with Crippen molar-refractivity contribution in [3.05, 3.63) is 24.3 Å². The maximum absolute atomic E-state index is 12.0. The number of halogens is 3. The van der Waals surface area contributed by atoms with Crippen LogP contribution in [0.25, 0.3) is 0 Å². The Bertz CT molecular complexity index is 674. The number of alkyl carbamates (subject to hydrolysis) is 1. The Kier molecular flexibility index (Phi) is 5.20. The number of hydrogen-bond donors (Lipinski definition) is 2. The van der Waals surface area contributed by atoms with Gasteiger partial charge in [-0.15, -0.1) is 4.59 Å². The van der Waals surface area contributed by atoms with Crippen molar-refractivity contribution in [3.8, 4) is 0 Å². The van der Waals surface area contributed by atoms with Crippen molar-refractivity contribution >= 4 is 52.3 Å². The molecule has 132 valence electrons. The molecule has 0 bridgehead atoms. The number of aromatic nitrogens is 2. The van der Waals surface area contributed by atoms with E-state index in [0.717, 1.165) is 11.4 Å². The fourth-order valence-corrected chi connectivity index (χ4v) is 2.20. The number of alkyl halides is 3. The Morgan fingerprint density at radius 1 is 1.38 bits per heavy atom. The highest BCUT2D eigenvalue weighted by Gasteiger charge is 2.42. The fourth-order valence-electron chi connectivity index (χ4n) is 2.03. The second kappa shape index (κ2) is 6.55. The molecule has 0 spiro atoms. The summed E-state index contributed by atoms with van der Waals surface area (Å²) in [6.45, 7) is 5.74. The Morgan fingerprint density at radius 2 is 2.04 bits per heavy atom. The number of ether oxygens (including phenoxy) is 1. The number of H-pyrrole nitrogens is 1. The van der Waals surface area contributed by atoms with E-state index in [1.807, 2.05) is 33.9 Å². The molecule has 0 fully saturated rings. The molecule has 0 radical (unpaired) electrons. The SMILES string of the molecule is CC(C)(C)C1=N[N+](C)(c2cn[nH]c2)C(NC(=O)OCC(Cl)(Cl)Cl)=C1. The lowest BCUT2D eigenvalue weighted by atomic mass is 9.90. The summed E-state index contributed by atoms with van der Waals surface area (Å²) in [6, 6.07) is 0. The van der Waals surface area contributed by atoms with Gasteiger partial charge in [-0.05, 0) is 0 Å². The number of allylic oxidation sites excluding steroid dienone is 1. The molecule has 1 amide bonds. The molecule has 0 aliphatic carbocycles. The molecule has 10 heteroatoms. The van der Waals surface area contributed by atoms with E-state index in [-0.39, 0.29) is 16.6 Å². The normalized spacial score (nSPS) is 21.3. The van der Waals surface area contributed by atoms with Gasteiger partial charge in [-0.3, -0.25) is 5.10 Å². The summed E-state index contributed by atoms with van der Waals surface area (Å²) in [4.78, 5) is 12.0. The van der Waals surface area contributed by atoms with Crippen LogP contribution in [-0.4, -0.2) is 39.4 Å². The molecule has 1 aromatic rings. The summed E-state index contributed by atoms with van der Waals surface area (Å²) >= 11 is 16.8. The second-order valence-corrected chi connectivity index (χ2v) is 9.01. The monoisotopic (exact) mass is 394 g/mol. The first-order valence-electron chi connectivity index (χ1n) is 7.11. The largest absolute Gasteiger partial charge is 0.445 e. The highest BCUT2D eigenvalue weighted by atomic mass is 35.6. The van der Waals surface area contributed by atoms with E-state index in [0.29, 0.717) is 5.82 Å². The first-order valence-corrected chi connectivity index (χ1v) is 8.24. The minimum Gasteiger partial charge on any atom is -0.445 e. The molecule has 0 saturated carbocycles. The van der Waals surface area contributed by atoms with Gasteiger partial charge < -0.3 is 4.74 Å². The third kappa shape index (κ3) is 4.42. The molecule has 1 unspecified atom stereocenters. The number of carbonyl (C=O) groups is 1. The van der Waals surface area contributed by atoms with Crippen molar-refractivity contribution in [1.29, 1.82) is 0 Å². The van der Waals surface area contributed by atoms with Gasteiger partial charge in [0.25, 0.3) is 0 Å². The number of nitrogens with one attached hydrogen (secondary N) is 2. The minimum atomic E-state index is -1.67. The van der Waals surface area contributed by atoms with Crippen molar-refractivity contribution in [2.75, 3.05) is 13.7 Å². The molecule has 0 aromatic carbocycles. The van der Waals surface area contributed by atoms with E-state index in [2.05, 4.69) is 15.5 Å². The van der Waals surface area contributed by atoms with E-state index in [1.54, 1.807) is 12.4 Å². The lowest BCUT2D eigenvalue weighted by Crippen LogP contribution is -2.44. The summed E-state index contributed by atoms with van der Waals surface area (Å²) in [6.07, 6.45) is 4.42. The molecule has 2 N–H and O–H groups in total. The molecule has 1 aromatic heterocycles. The smallest absolute Gasteiger partial charge is 0.415 e. The lowest BCUT2D eigenvalue weighted by molar-refractivity contribution is 0.148. The van der Waals surface area contributed by atoms with Crippen molar-refractivity contribution in [2.24, 2.45) is 10.5 Å². The standard InChI is InChI=1S/C14H18Cl3N5O2/c1-13(2,3)10-5-11(20-12(23)24-8-14(15,16)17)22(4,21-10)9-6-18-19-7-9/h5-7H,8H2,1-4H3,(H-,18,19,20,21,23)/p+1. The van der Waals surface area contributed by atoms with E-state index in [1.165, 1.54) is 0 Å². The molecule has 1 atom stereocenters. The molecular formula is C14H19Cl3N5O2+. The van der Waals surface area contributed by atoms with Crippen LogP contribution < -0.4 is 9.91 Å². The Labute approximate surface area is 155 Å². The molecule has 0 saturated heterocycles. The van der Waals surface area contributed by atoms with Gasteiger partial charge in [0.2, 0.25) is 15.3 Å². The maximum atomic E-state index is 12.0. The zero-order valence-corrected chi connectivity index (χ0v) is 16.0. The third-order valence-electron chi connectivity index (χ3n) is 3.40. The molecule has 1 aliphatic heterocycles. The van der Waals surface area contributed by atoms with Crippen LogP contribution in [-0.2, 0) is 4.74 Å². The van der Waals surface area contributed by atoms with Gasteiger partial charge in [0.05, 0.1) is 6.20 Å². The first kappa shape index (κ1) is 19.1. The summed E-state index contributed by atoms with van der Waals surface area (Å²) in [5.74, 6) is 0.510. The lowest BCUT2D eigenvalue weighted by Gasteiger charge is -2.24. The Morgan fingerprint density at radius 3 is 2.54 bits per heavy atom. The van der Waals surface area contributed by atoms with E-state index in [9.17, 15) is 4.79 Å². The van der Waals surface area contributed by atoms with Crippen molar-refractivity contribution < 1.29 is 9.53 Å². The topological polar surface area (TPSA) is 79.4 Å². The molecule has 2 heterocycles. The quantitative estimate of drug-likeness (QED) is 0.605. The number of amides is 1. The third-order valence-corrected chi connectivity index (χ3v) is 3.73. The minimum absolute atomic E-state index is 0.00797. The first-order chi connectivity index (χ1) is 10.9. The number of nitrogens with zero attached hydrogens (tertiary/aromatic N) is 3. The molecule has 2 rings (SSSR count). The summed E-state index contributed by atoms with van der Waals surface area (Å²) < 4.78 is 3.25. The Hall–Kier alpha value is -1.28. The summed E-state index contributed by atoms with van der Waals surface area (Å²) in [5.41, 5.74) is 1.37. The average molecular weight is 396 g/mol. The van der Waals surface area contributed by atoms with Crippen LogP contribution in [0.3, 0.4) is 0 Å². The van der Waals surface area contributed by atoms with Gasteiger partial charge in [-0.2, -0.15) is 5.10 Å². The summed E-state index contributed by atoms with van der Waals surface area (Å²) in [7, 11) is 1.82. The maximum Gasteiger partial charge on any atom is 0.415 e. The van der Waals surface area contributed by atoms with Crippen molar-refractivity contribution in [2.45, 2.75) is 24.6 Å². The van der Waals surface area contributed by atoms with Crippen LogP contribution >= 0.6 is 34.8 Å². The van der Waals surface area contributed by atoms with E-state index in [4.69, 9.17) is 44.6 Å². The zero-order valence-electron chi connectivity index (χ0n) is 13.7. The van der Waals surface area contributed by atoms with E-state index >= 15 is 0 Å². The average Bonchev–Trinajstić information content (AvgIpc) is 3.05. The predicted molar refractivity (Wildman–Crippen MR) is 96.1 cm³/mol. The van der Waals surface area contributed by atoms with E-state index < -0.39 is 9.89 Å².